The highest BCUT2D eigenvalue weighted by molar-refractivity contribution is 5.97. The van der Waals surface area contributed by atoms with Gasteiger partial charge in [-0.1, -0.05) is 65.7 Å². The van der Waals surface area contributed by atoms with E-state index in [9.17, 15) is 4.79 Å². The first-order chi connectivity index (χ1) is 20.8. The fourth-order valence-corrected chi connectivity index (χ4v) is 6.38. The maximum absolute atomic E-state index is 13.2. The SMILES string of the molecule is Cc1ccc(CNc2ccc3c(c2)Oc2cc(NCc4ccc(C)cc4C)ccc2C32OC(=O)c3ccccc32)c(C)c1. The van der Waals surface area contributed by atoms with E-state index in [1.54, 1.807) is 0 Å². The molecule has 43 heavy (non-hydrogen) atoms. The van der Waals surface area contributed by atoms with E-state index in [1.807, 2.05) is 60.7 Å². The predicted octanol–water partition coefficient (Wildman–Crippen LogP) is 8.71. The summed E-state index contributed by atoms with van der Waals surface area (Å²) in [7, 11) is 0. The van der Waals surface area contributed by atoms with Crippen molar-refractivity contribution < 1.29 is 14.3 Å². The van der Waals surface area contributed by atoms with Crippen LogP contribution in [-0.2, 0) is 23.4 Å². The smallest absolute Gasteiger partial charge is 0.340 e. The van der Waals surface area contributed by atoms with Gasteiger partial charge in [0, 0.05) is 53.3 Å². The number of ether oxygens (including phenoxy) is 2. The van der Waals surface area contributed by atoms with Gasteiger partial charge in [0.25, 0.3) is 0 Å². The van der Waals surface area contributed by atoms with Crippen molar-refractivity contribution in [1.82, 2.24) is 0 Å². The first kappa shape index (κ1) is 26.8. The highest BCUT2D eigenvalue weighted by atomic mass is 16.6. The quantitative estimate of drug-likeness (QED) is 0.201. The van der Waals surface area contributed by atoms with Crippen molar-refractivity contribution in [2.75, 3.05) is 10.6 Å². The standard InChI is InChI=1S/C38H34N2O3/c1-23-9-11-27(25(3)17-23)21-39-29-13-15-33-35(19-29)42-36-20-30(40-22-28-12-10-24(2)18-26(28)4)14-16-34(36)38(33)32-8-6-5-7-31(32)37(41)43-38/h5-20,39-40H,21-22H2,1-4H3. The van der Waals surface area contributed by atoms with Crippen molar-refractivity contribution in [1.29, 1.82) is 0 Å². The monoisotopic (exact) mass is 566 g/mol. The van der Waals surface area contributed by atoms with Gasteiger partial charge in [0.1, 0.15) is 11.5 Å². The normalized spacial score (nSPS) is 13.9. The van der Waals surface area contributed by atoms with Gasteiger partial charge >= 0.3 is 5.97 Å². The lowest BCUT2D eigenvalue weighted by atomic mass is 9.77. The molecule has 0 aromatic heterocycles. The van der Waals surface area contributed by atoms with Gasteiger partial charge in [-0.15, -0.1) is 0 Å². The van der Waals surface area contributed by atoms with Gasteiger partial charge in [0.2, 0.25) is 0 Å². The van der Waals surface area contributed by atoms with Gasteiger partial charge in [0.15, 0.2) is 5.60 Å². The number of carbonyl (C=O) groups is 1. The summed E-state index contributed by atoms with van der Waals surface area (Å²) in [6.07, 6.45) is 0. The average molecular weight is 567 g/mol. The van der Waals surface area contributed by atoms with E-state index in [4.69, 9.17) is 9.47 Å². The maximum atomic E-state index is 13.2. The minimum atomic E-state index is -1.09. The fraction of sp³-hybridized carbons (Fsp3) is 0.184. The van der Waals surface area contributed by atoms with Gasteiger partial charge in [0.05, 0.1) is 5.56 Å². The van der Waals surface area contributed by atoms with Crippen LogP contribution in [0.3, 0.4) is 0 Å². The number of hydrogen-bond acceptors (Lipinski definition) is 5. The van der Waals surface area contributed by atoms with Crippen LogP contribution in [0.25, 0.3) is 0 Å². The second-order valence-electron chi connectivity index (χ2n) is 11.7. The molecule has 0 amide bonds. The lowest BCUT2D eigenvalue weighted by Crippen LogP contribution is -2.33. The molecule has 214 valence electrons. The Balaban J connectivity index is 1.26. The van der Waals surface area contributed by atoms with E-state index in [0.29, 0.717) is 30.2 Å². The molecular weight excluding hydrogens is 532 g/mol. The highest BCUT2D eigenvalue weighted by Gasteiger charge is 2.53. The van der Waals surface area contributed by atoms with Crippen molar-refractivity contribution in [2.24, 2.45) is 0 Å². The summed E-state index contributed by atoms with van der Waals surface area (Å²) in [5.41, 5.74) is 11.3. The molecule has 0 aliphatic carbocycles. The zero-order chi connectivity index (χ0) is 29.7. The van der Waals surface area contributed by atoms with E-state index in [0.717, 1.165) is 28.1 Å². The summed E-state index contributed by atoms with van der Waals surface area (Å²) in [5, 5.41) is 7.12. The molecule has 2 aliphatic rings. The Morgan fingerprint density at radius 2 is 1.14 bits per heavy atom. The van der Waals surface area contributed by atoms with Crippen LogP contribution in [0.1, 0.15) is 60.4 Å². The third kappa shape index (κ3) is 4.62. The van der Waals surface area contributed by atoms with Gasteiger partial charge in [-0.05, 0) is 80.3 Å². The lowest BCUT2D eigenvalue weighted by Gasteiger charge is -2.37. The Kier molecular flexibility index (Phi) is 6.46. The second kappa shape index (κ2) is 10.4. The Morgan fingerprint density at radius 3 is 1.67 bits per heavy atom. The van der Waals surface area contributed by atoms with Crippen molar-refractivity contribution in [3.63, 3.8) is 0 Å². The molecule has 5 aromatic carbocycles. The van der Waals surface area contributed by atoms with E-state index >= 15 is 0 Å². The molecule has 0 saturated heterocycles. The summed E-state index contributed by atoms with van der Waals surface area (Å²) < 4.78 is 13.0. The molecule has 5 nitrogen and oxygen atoms in total. The highest BCUT2D eigenvalue weighted by Crippen LogP contribution is 2.56. The zero-order valence-electron chi connectivity index (χ0n) is 24.9. The van der Waals surface area contributed by atoms with E-state index in [2.05, 4.69) is 74.7 Å². The molecular formula is C38H34N2O3. The lowest BCUT2D eigenvalue weighted by molar-refractivity contribution is 0.0224. The number of esters is 1. The molecule has 5 heteroatoms. The minimum Gasteiger partial charge on any atom is -0.456 e. The molecule has 0 bridgehead atoms. The molecule has 0 unspecified atom stereocenters. The van der Waals surface area contributed by atoms with Crippen molar-refractivity contribution in [2.45, 2.75) is 46.4 Å². The Bertz CT molecular complexity index is 1800. The van der Waals surface area contributed by atoms with Crippen LogP contribution in [0.5, 0.6) is 11.5 Å². The van der Waals surface area contributed by atoms with Crippen LogP contribution in [0.15, 0.2) is 97.1 Å². The zero-order valence-corrected chi connectivity index (χ0v) is 24.9. The Hall–Kier alpha value is -5.03. The van der Waals surface area contributed by atoms with Crippen LogP contribution < -0.4 is 15.4 Å². The summed E-state index contributed by atoms with van der Waals surface area (Å²) in [4.78, 5) is 13.2. The fourth-order valence-electron chi connectivity index (χ4n) is 6.38. The number of hydrogen-bond donors (Lipinski definition) is 2. The summed E-state index contributed by atoms with van der Waals surface area (Å²) in [6, 6.07) is 32.8. The molecule has 7 rings (SSSR count). The number of anilines is 2. The van der Waals surface area contributed by atoms with Crippen LogP contribution in [0.4, 0.5) is 11.4 Å². The number of aryl methyl sites for hydroxylation is 4. The number of nitrogens with one attached hydrogen (secondary N) is 2. The molecule has 0 atom stereocenters. The van der Waals surface area contributed by atoms with Crippen molar-refractivity contribution >= 4 is 17.3 Å². The van der Waals surface area contributed by atoms with Crippen LogP contribution in [-0.4, -0.2) is 5.97 Å². The van der Waals surface area contributed by atoms with Crippen LogP contribution in [0, 0.1) is 27.7 Å². The first-order valence-corrected chi connectivity index (χ1v) is 14.7. The predicted molar refractivity (Wildman–Crippen MR) is 171 cm³/mol. The molecule has 2 heterocycles. The van der Waals surface area contributed by atoms with Gasteiger partial charge < -0.3 is 20.1 Å². The molecule has 0 saturated carbocycles. The van der Waals surface area contributed by atoms with Crippen molar-refractivity contribution in [3.05, 3.63) is 153 Å². The molecule has 2 N–H and O–H groups in total. The number of benzene rings is 5. The van der Waals surface area contributed by atoms with Crippen LogP contribution in [0.2, 0.25) is 0 Å². The van der Waals surface area contributed by atoms with Crippen molar-refractivity contribution in [3.8, 4) is 11.5 Å². The molecule has 1 spiro atoms. The van der Waals surface area contributed by atoms with E-state index < -0.39 is 5.60 Å². The molecule has 2 aliphatic heterocycles. The molecule has 5 aromatic rings. The molecule has 0 fully saturated rings. The summed E-state index contributed by atoms with van der Waals surface area (Å²) in [5.74, 6) is 0.992. The third-order valence-corrected chi connectivity index (χ3v) is 8.68. The number of carbonyl (C=O) groups excluding carboxylic acids is 1. The molecule has 0 radical (unpaired) electrons. The first-order valence-electron chi connectivity index (χ1n) is 14.7. The minimum absolute atomic E-state index is 0.330. The number of rotatable bonds is 6. The number of fused-ring (bicyclic) bond motifs is 6. The summed E-state index contributed by atoms with van der Waals surface area (Å²) >= 11 is 0. The summed E-state index contributed by atoms with van der Waals surface area (Å²) in [6.45, 7) is 9.87. The maximum Gasteiger partial charge on any atom is 0.340 e. The Morgan fingerprint density at radius 1 is 0.605 bits per heavy atom. The van der Waals surface area contributed by atoms with Crippen LogP contribution >= 0.6 is 0 Å². The Labute approximate surface area is 252 Å². The van der Waals surface area contributed by atoms with E-state index in [1.165, 1.54) is 33.4 Å². The topological polar surface area (TPSA) is 59.6 Å². The van der Waals surface area contributed by atoms with Gasteiger partial charge in [-0.3, -0.25) is 0 Å². The average Bonchev–Trinajstić information content (AvgIpc) is 3.28. The van der Waals surface area contributed by atoms with E-state index in [-0.39, 0.29) is 5.97 Å². The third-order valence-electron chi connectivity index (χ3n) is 8.68. The van der Waals surface area contributed by atoms with Gasteiger partial charge in [-0.25, -0.2) is 4.79 Å². The second-order valence-corrected chi connectivity index (χ2v) is 11.7. The largest absolute Gasteiger partial charge is 0.456 e. The van der Waals surface area contributed by atoms with Gasteiger partial charge in [-0.2, -0.15) is 0 Å².